The van der Waals surface area contributed by atoms with E-state index in [0.717, 1.165) is 0 Å². The molecule has 0 saturated heterocycles. The van der Waals surface area contributed by atoms with Crippen molar-refractivity contribution in [2.24, 2.45) is 7.05 Å². The summed E-state index contributed by atoms with van der Waals surface area (Å²) in [5.74, 6) is 0. The van der Waals surface area contributed by atoms with Gasteiger partial charge in [0.2, 0.25) is 0 Å². The average Bonchev–Trinajstić information content (AvgIpc) is 2.30. The number of fused-ring (bicyclic) bond motifs is 1. The lowest BCUT2D eigenvalue weighted by Gasteiger charge is -1.89. The second kappa shape index (κ2) is 1.98. The molecule has 56 valence electrons. The van der Waals surface area contributed by atoms with Gasteiger partial charge in [-0.25, -0.2) is 9.97 Å². The van der Waals surface area contributed by atoms with E-state index in [1.54, 1.807) is 7.05 Å². The standard InChI is InChI=1S/C6H5FN4/c1-11-5-4(10-6(11)7)2-8-3-9-5/h2-3H,1H3. The molecule has 0 radical (unpaired) electrons. The summed E-state index contributed by atoms with van der Waals surface area (Å²) in [6, 6.07) is 0. The number of aromatic nitrogens is 4. The van der Waals surface area contributed by atoms with Crippen molar-refractivity contribution in [3.63, 3.8) is 0 Å². The van der Waals surface area contributed by atoms with Crippen LogP contribution in [0.15, 0.2) is 12.5 Å². The molecular formula is C6H5FN4. The van der Waals surface area contributed by atoms with Crippen LogP contribution in [0.1, 0.15) is 0 Å². The van der Waals surface area contributed by atoms with Crippen molar-refractivity contribution >= 4 is 11.2 Å². The van der Waals surface area contributed by atoms with Crippen LogP contribution in [0, 0.1) is 6.08 Å². The third-order valence-electron chi connectivity index (χ3n) is 1.48. The van der Waals surface area contributed by atoms with Gasteiger partial charge >= 0.3 is 0 Å². The predicted octanol–water partition coefficient (Wildman–Crippen LogP) is 0.502. The van der Waals surface area contributed by atoms with Crippen molar-refractivity contribution in [3.05, 3.63) is 18.6 Å². The Labute approximate surface area is 61.7 Å². The van der Waals surface area contributed by atoms with Gasteiger partial charge < -0.3 is 0 Å². The summed E-state index contributed by atoms with van der Waals surface area (Å²) in [4.78, 5) is 11.1. The van der Waals surface area contributed by atoms with Crippen molar-refractivity contribution < 1.29 is 4.39 Å². The summed E-state index contributed by atoms with van der Waals surface area (Å²) in [5, 5.41) is 0. The van der Waals surface area contributed by atoms with Crippen LogP contribution in [0.4, 0.5) is 4.39 Å². The fourth-order valence-electron chi connectivity index (χ4n) is 0.915. The van der Waals surface area contributed by atoms with Crippen LogP contribution >= 0.6 is 0 Å². The van der Waals surface area contributed by atoms with Crippen molar-refractivity contribution in [2.45, 2.75) is 0 Å². The topological polar surface area (TPSA) is 43.6 Å². The monoisotopic (exact) mass is 152 g/mol. The molecule has 0 aliphatic carbocycles. The van der Waals surface area contributed by atoms with E-state index in [1.807, 2.05) is 0 Å². The van der Waals surface area contributed by atoms with Crippen LogP contribution in [0.5, 0.6) is 0 Å². The van der Waals surface area contributed by atoms with Crippen LogP contribution < -0.4 is 0 Å². The fraction of sp³-hybridized carbons (Fsp3) is 0.167. The first kappa shape index (κ1) is 6.21. The summed E-state index contributed by atoms with van der Waals surface area (Å²) < 4.78 is 14.0. The number of nitrogens with zero attached hydrogens (tertiary/aromatic N) is 4. The Morgan fingerprint density at radius 3 is 3.09 bits per heavy atom. The van der Waals surface area contributed by atoms with E-state index < -0.39 is 6.08 Å². The van der Waals surface area contributed by atoms with E-state index in [9.17, 15) is 4.39 Å². The van der Waals surface area contributed by atoms with E-state index >= 15 is 0 Å². The summed E-state index contributed by atoms with van der Waals surface area (Å²) in [6.07, 6.45) is 2.30. The van der Waals surface area contributed by atoms with Gasteiger partial charge in [-0.15, -0.1) is 0 Å². The lowest BCUT2D eigenvalue weighted by molar-refractivity contribution is 0.506. The Balaban J connectivity index is 2.92. The number of halogens is 1. The molecule has 4 nitrogen and oxygen atoms in total. The summed E-state index contributed by atoms with van der Waals surface area (Å²) >= 11 is 0. The molecule has 0 aliphatic heterocycles. The van der Waals surface area contributed by atoms with Gasteiger partial charge in [0.15, 0.2) is 5.65 Å². The maximum absolute atomic E-state index is 12.7. The minimum absolute atomic E-state index is 0.479. The number of imidazole rings is 1. The van der Waals surface area contributed by atoms with Gasteiger partial charge in [-0.3, -0.25) is 4.57 Å². The first-order valence-electron chi connectivity index (χ1n) is 3.07. The van der Waals surface area contributed by atoms with E-state index in [2.05, 4.69) is 15.0 Å². The quantitative estimate of drug-likeness (QED) is 0.516. The second-order valence-corrected chi connectivity index (χ2v) is 2.17. The molecule has 0 unspecified atom stereocenters. The molecule has 0 aliphatic rings. The van der Waals surface area contributed by atoms with E-state index in [0.29, 0.717) is 11.2 Å². The predicted molar refractivity (Wildman–Crippen MR) is 36.3 cm³/mol. The van der Waals surface area contributed by atoms with Gasteiger partial charge in [-0.2, -0.15) is 9.37 Å². The molecule has 0 bridgehead atoms. The lowest BCUT2D eigenvalue weighted by atomic mass is 10.6. The second-order valence-electron chi connectivity index (χ2n) is 2.17. The van der Waals surface area contributed by atoms with E-state index in [4.69, 9.17) is 0 Å². The molecule has 2 rings (SSSR count). The first-order chi connectivity index (χ1) is 5.29. The Morgan fingerprint density at radius 1 is 1.55 bits per heavy atom. The van der Waals surface area contributed by atoms with Crippen LogP contribution in [0.25, 0.3) is 11.2 Å². The van der Waals surface area contributed by atoms with Gasteiger partial charge in [-0.05, 0) is 0 Å². The molecule has 2 aromatic rings. The summed E-state index contributed by atoms with van der Waals surface area (Å²) in [6.45, 7) is 0. The van der Waals surface area contributed by atoms with Crippen LogP contribution in [-0.4, -0.2) is 19.5 Å². The number of aryl methyl sites for hydroxylation is 1. The number of rotatable bonds is 0. The van der Waals surface area contributed by atoms with Crippen LogP contribution in [-0.2, 0) is 7.05 Å². The zero-order chi connectivity index (χ0) is 7.84. The van der Waals surface area contributed by atoms with Crippen LogP contribution in [0.3, 0.4) is 0 Å². The van der Waals surface area contributed by atoms with Gasteiger partial charge in [0.05, 0.1) is 6.20 Å². The number of hydrogen-bond acceptors (Lipinski definition) is 3. The molecule has 0 atom stereocenters. The third-order valence-corrected chi connectivity index (χ3v) is 1.48. The molecule has 0 N–H and O–H groups in total. The van der Waals surface area contributed by atoms with Crippen LogP contribution in [0.2, 0.25) is 0 Å². The normalized spacial score (nSPS) is 10.7. The molecular weight excluding hydrogens is 147 g/mol. The van der Waals surface area contributed by atoms with E-state index in [-0.39, 0.29) is 0 Å². The molecule has 0 aromatic carbocycles. The first-order valence-corrected chi connectivity index (χ1v) is 3.07. The lowest BCUT2D eigenvalue weighted by Crippen LogP contribution is -1.92. The van der Waals surface area contributed by atoms with Crippen molar-refractivity contribution in [1.82, 2.24) is 19.5 Å². The minimum Gasteiger partial charge on any atom is -0.288 e. The summed E-state index contributed by atoms with van der Waals surface area (Å²) in [7, 11) is 1.57. The highest BCUT2D eigenvalue weighted by Gasteiger charge is 2.05. The Bertz CT molecular complexity index is 394. The largest absolute Gasteiger partial charge is 0.291 e. The molecule has 0 amide bonds. The maximum atomic E-state index is 12.7. The SMILES string of the molecule is Cn1c(F)nc2cncnc21. The van der Waals surface area contributed by atoms with Crippen molar-refractivity contribution in [2.75, 3.05) is 0 Å². The Kier molecular flexibility index (Phi) is 1.12. The highest BCUT2D eigenvalue weighted by molar-refractivity contribution is 5.68. The van der Waals surface area contributed by atoms with Gasteiger partial charge in [0.25, 0.3) is 6.08 Å². The molecule has 0 fully saturated rings. The van der Waals surface area contributed by atoms with Gasteiger partial charge in [0, 0.05) is 7.05 Å². The van der Waals surface area contributed by atoms with Crippen molar-refractivity contribution in [1.29, 1.82) is 0 Å². The minimum atomic E-state index is -0.541. The molecule has 5 heteroatoms. The maximum Gasteiger partial charge on any atom is 0.291 e. The highest BCUT2D eigenvalue weighted by atomic mass is 19.1. The van der Waals surface area contributed by atoms with Gasteiger partial charge in [-0.1, -0.05) is 0 Å². The molecule has 0 saturated carbocycles. The molecule has 2 heterocycles. The van der Waals surface area contributed by atoms with Crippen molar-refractivity contribution in [3.8, 4) is 0 Å². The zero-order valence-corrected chi connectivity index (χ0v) is 5.82. The molecule has 2 aromatic heterocycles. The fourth-order valence-corrected chi connectivity index (χ4v) is 0.915. The van der Waals surface area contributed by atoms with Gasteiger partial charge in [0.1, 0.15) is 11.8 Å². The highest BCUT2D eigenvalue weighted by Crippen LogP contribution is 2.07. The smallest absolute Gasteiger partial charge is 0.288 e. The third kappa shape index (κ3) is 0.772. The molecule has 11 heavy (non-hydrogen) atoms. The Morgan fingerprint density at radius 2 is 2.36 bits per heavy atom. The molecule has 0 spiro atoms. The zero-order valence-electron chi connectivity index (χ0n) is 5.82. The average molecular weight is 152 g/mol. The van der Waals surface area contributed by atoms with E-state index in [1.165, 1.54) is 17.1 Å². The summed E-state index contributed by atoms with van der Waals surface area (Å²) in [5.41, 5.74) is 0.991. The number of hydrogen-bond donors (Lipinski definition) is 0. The Hall–Kier alpha value is -1.52.